The van der Waals surface area contributed by atoms with Gasteiger partial charge in [-0.25, -0.2) is 0 Å². The molecule has 1 aromatic heterocycles. The van der Waals surface area contributed by atoms with Gasteiger partial charge >= 0.3 is 0 Å². The molecule has 3 nitrogen and oxygen atoms in total. The number of aliphatic imine (C=N–C) groups is 1. The van der Waals surface area contributed by atoms with Crippen LogP contribution in [0.5, 0.6) is 0 Å². The SMILES string of the molecule is CSc1ccc(C(N)=NC(=O)c2cccs2)cc1. The van der Waals surface area contributed by atoms with E-state index >= 15 is 0 Å². The standard InChI is InChI=1S/C13H12N2OS2/c1-17-10-6-4-9(5-7-10)12(14)15-13(16)11-3-2-8-18-11/h2-8H,1H3,(H2,14,15,16). The number of carbonyl (C=O) groups is 1. The monoisotopic (exact) mass is 276 g/mol. The molecule has 1 aromatic carbocycles. The number of hydrogen-bond acceptors (Lipinski definition) is 3. The molecule has 0 saturated carbocycles. The van der Waals surface area contributed by atoms with Crippen LogP contribution < -0.4 is 5.73 Å². The molecule has 18 heavy (non-hydrogen) atoms. The van der Waals surface area contributed by atoms with E-state index in [1.54, 1.807) is 17.8 Å². The van der Waals surface area contributed by atoms with Gasteiger partial charge in [-0.3, -0.25) is 4.79 Å². The molecule has 2 rings (SSSR count). The summed E-state index contributed by atoms with van der Waals surface area (Å²) in [5.41, 5.74) is 6.58. The third-order valence-corrected chi connectivity index (χ3v) is 3.94. The van der Waals surface area contributed by atoms with Crippen molar-refractivity contribution < 1.29 is 4.79 Å². The number of thiophene rings is 1. The number of rotatable bonds is 3. The fourth-order valence-corrected chi connectivity index (χ4v) is 2.41. The molecule has 0 bridgehead atoms. The van der Waals surface area contributed by atoms with Crippen molar-refractivity contribution in [1.82, 2.24) is 0 Å². The van der Waals surface area contributed by atoms with Crippen LogP contribution in [0.3, 0.4) is 0 Å². The number of nitrogens with zero attached hydrogens (tertiary/aromatic N) is 1. The normalized spacial score (nSPS) is 11.5. The highest BCUT2D eigenvalue weighted by Crippen LogP contribution is 2.15. The van der Waals surface area contributed by atoms with Gasteiger partial charge in [0.15, 0.2) is 0 Å². The summed E-state index contributed by atoms with van der Waals surface area (Å²) in [5, 5.41) is 1.84. The first-order valence-corrected chi connectivity index (χ1v) is 7.37. The minimum absolute atomic E-state index is 0.251. The van der Waals surface area contributed by atoms with Crippen LogP contribution in [0.15, 0.2) is 51.7 Å². The molecule has 0 saturated heterocycles. The van der Waals surface area contributed by atoms with Gasteiger partial charge in [0.25, 0.3) is 5.91 Å². The number of amidine groups is 1. The zero-order chi connectivity index (χ0) is 13.0. The minimum Gasteiger partial charge on any atom is -0.383 e. The van der Waals surface area contributed by atoms with Crippen molar-refractivity contribution in [3.63, 3.8) is 0 Å². The highest BCUT2D eigenvalue weighted by molar-refractivity contribution is 7.98. The predicted octanol–water partition coefficient (Wildman–Crippen LogP) is 3.02. The summed E-state index contributed by atoms with van der Waals surface area (Å²) in [4.78, 5) is 17.4. The molecule has 0 unspecified atom stereocenters. The first-order valence-electron chi connectivity index (χ1n) is 5.27. The van der Waals surface area contributed by atoms with Crippen LogP contribution in [0.1, 0.15) is 15.2 Å². The van der Waals surface area contributed by atoms with Crippen LogP contribution in [0, 0.1) is 0 Å². The highest BCUT2D eigenvalue weighted by Gasteiger charge is 2.07. The van der Waals surface area contributed by atoms with Gasteiger partial charge in [-0.05, 0) is 29.8 Å². The van der Waals surface area contributed by atoms with Gasteiger partial charge < -0.3 is 5.73 Å². The lowest BCUT2D eigenvalue weighted by atomic mass is 10.2. The van der Waals surface area contributed by atoms with Crippen LogP contribution in [-0.4, -0.2) is 18.0 Å². The van der Waals surface area contributed by atoms with E-state index in [9.17, 15) is 4.79 Å². The number of hydrogen-bond donors (Lipinski definition) is 1. The number of benzene rings is 1. The second-order valence-corrected chi connectivity index (χ2v) is 5.34. The maximum absolute atomic E-state index is 11.8. The minimum atomic E-state index is -0.295. The Kier molecular flexibility index (Phi) is 4.17. The molecule has 1 amide bonds. The number of nitrogens with two attached hydrogens (primary N) is 1. The average molecular weight is 276 g/mol. The van der Waals surface area contributed by atoms with Crippen molar-refractivity contribution >= 4 is 34.8 Å². The Labute approximate surface area is 114 Å². The molecule has 0 aliphatic rings. The lowest BCUT2D eigenvalue weighted by Gasteiger charge is -2.01. The second kappa shape index (κ2) is 5.84. The largest absolute Gasteiger partial charge is 0.383 e. The van der Waals surface area contributed by atoms with Gasteiger partial charge in [-0.1, -0.05) is 18.2 Å². The summed E-state index contributed by atoms with van der Waals surface area (Å²) in [7, 11) is 0. The Hall–Kier alpha value is -1.59. The van der Waals surface area contributed by atoms with Gasteiger partial charge in [-0.15, -0.1) is 23.1 Å². The van der Waals surface area contributed by atoms with Crippen LogP contribution >= 0.6 is 23.1 Å². The third kappa shape index (κ3) is 3.00. The van der Waals surface area contributed by atoms with Gasteiger partial charge in [0.05, 0.1) is 4.88 Å². The van der Waals surface area contributed by atoms with E-state index in [0.29, 0.717) is 4.88 Å². The van der Waals surface area contributed by atoms with Crippen molar-refractivity contribution in [2.24, 2.45) is 10.7 Å². The molecule has 2 N–H and O–H groups in total. The Morgan fingerprint density at radius 3 is 2.56 bits per heavy atom. The first-order chi connectivity index (χ1) is 8.70. The summed E-state index contributed by atoms with van der Waals surface area (Å²) in [6, 6.07) is 11.2. The van der Waals surface area contributed by atoms with Crippen molar-refractivity contribution in [3.8, 4) is 0 Å². The maximum atomic E-state index is 11.8. The van der Waals surface area contributed by atoms with Crippen LogP contribution in [0.2, 0.25) is 0 Å². The third-order valence-electron chi connectivity index (χ3n) is 2.34. The lowest BCUT2D eigenvalue weighted by molar-refractivity contribution is 0.101. The van der Waals surface area contributed by atoms with Gasteiger partial charge in [-0.2, -0.15) is 4.99 Å². The van der Waals surface area contributed by atoms with Crippen LogP contribution in [0.4, 0.5) is 0 Å². The fraction of sp³-hybridized carbons (Fsp3) is 0.0769. The molecule has 2 aromatic rings. The quantitative estimate of drug-likeness (QED) is 0.532. The zero-order valence-corrected chi connectivity index (χ0v) is 11.4. The molecule has 5 heteroatoms. The van der Waals surface area contributed by atoms with E-state index in [-0.39, 0.29) is 11.7 Å². The van der Waals surface area contributed by atoms with Crippen LogP contribution in [-0.2, 0) is 0 Å². The number of thioether (sulfide) groups is 1. The van der Waals surface area contributed by atoms with Crippen molar-refractivity contribution in [2.45, 2.75) is 4.90 Å². The molecule has 0 atom stereocenters. The Bertz CT molecular complexity index is 559. The average Bonchev–Trinajstić information content (AvgIpc) is 2.92. The summed E-state index contributed by atoms with van der Waals surface area (Å²) >= 11 is 3.01. The molecule has 0 aliphatic carbocycles. The summed E-state index contributed by atoms with van der Waals surface area (Å²) in [6.07, 6.45) is 2.01. The summed E-state index contributed by atoms with van der Waals surface area (Å²) in [6.45, 7) is 0. The molecule has 1 heterocycles. The van der Waals surface area contributed by atoms with E-state index in [4.69, 9.17) is 5.73 Å². The van der Waals surface area contributed by atoms with Gasteiger partial charge in [0.1, 0.15) is 5.84 Å². The number of carbonyl (C=O) groups excluding carboxylic acids is 1. The van der Waals surface area contributed by atoms with Gasteiger partial charge in [0, 0.05) is 10.5 Å². The molecule has 0 aliphatic heterocycles. The molecule has 0 fully saturated rings. The Morgan fingerprint density at radius 1 is 1.28 bits per heavy atom. The highest BCUT2D eigenvalue weighted by atomic mass is 32.2. The predicted molar refractivity (Wildman–Crippen MR) is 77.6 cm³/mol. The molecule has 92 valence electrons. The van der Waals surface area contributed by atoms with E-state index in [2.05, 4.69) is 4.99 Å². The smallest absolute Gasteiger partial charge is 0.288 e. The zero-order valence-electron chi connectivity index (χ0n) is 9.79. The number of amides is 1. The maximum Gasteiger partial charge on any atom is 0.288 e. The van der Waals surface area contributed by atoms with Crippen molar-refractivity contribution in [1.29, 1.82) is 0 Å². The van der Waals surface area contributed by atoms with E-state index in [1.165, 1.54) is 11.3 Å². The van der Waals surface area contributed by atoms with Crippen LogP contribution in [0.25, 0.3) is 0 Å². The Morgan fingerprint density at radius 2 is 2.00 bits per heavy atom. The molecular formula is C13H12N2OS2. The second-order valence-electron chi connectivity index (χ2n) is 3.51. The topological polar surface area (TPSA) is 55.4 Å². The summed E-state index contributed by atoms with van der Waals surface area (Å²) in [5.74, 6) is -0.0440. The fourth-order valence-electron chi connectivity index (χ4n) is 1.39. The van der Waals surface area contributed by atoms with E-state index in [0.717, 1.165) is 10.5 Å². The molecular weight excluding hydrogens is 264 g/mol. The Balaban J connectivity index is 2.19. The van der Waals surface area contributed by atoms with Crippen molar-refractivity contribution in [3.05, 3.63) is 52.2 Å². The lowest BCUT2D eigenvalue weighted by Crippen LogP contribution is -2.15. The van der Waals surface area contributed by atoms with E-state index in [1.807, 2.05) is 42.0 Å². The molecule has 0 spiro atoms. The van der Waals surface area contributed by atoms with Gasteiger partial charge in [0.2, 0.25) is 0 Å². The molecule has 0 radical (unpaired) electrons. The summed E-state index contributed by atoms with van der Waals surface area (Å²) < 4.78 is 0. The van der Waals surface area contributed by atoms with E-state index < -0.39 is 0 Å². The first kappa shape index (κ1) is 12.9. The van der Waals surface area contributed by atoms with Crippen molar-refractivity contribution in [2.75, 3.05) is 6.26 Å².